The highest BCUT2D eigenvalue weighted by molar-refractivity contribution is 6.01. The molecule has 1 aliphatic heterocycles. The van der Waals surface area contributed by atoms with E-state index in [0.717, 1.165) is 0 Å². The van der Waals surface area contributed by atoms with Crippen LogP contribution in [0.4, 0.5) is 18.9 Å². The maximum atomic E-state index is 12.8. The molecule has 2 aromatic rings. The maximum Gasteiger partial charge on any atom is 0.573 e. The summed E-state index contributed by atoms with van der Waals surface area (Å²) < 4.78 is 48.3. The third kappa shape index (κ3) is 4.94. The Morgan fingerprint density at radius 1 is 1.27 bits per heavy atom. The number of ether oxygens (including phenoxy) is 2. The van der Waals surface area contributed by atoms with Crippen LogP contribution < -0.4 is 25.4 Å². The lowest BCUT2D eigenvalue weighted by Crippen LogP contribution is -2.32. The molecule has 10 heteroatoms. The number of fused-ring (bicyclic) bond motifs is 1. The molecular formula is C20H20F3N3O4. The molecule has 1 aliphatic rings. The molecule has 0 aromatic heterocycles. The molecule has 0 unspecified atom stereocenters. The van der Waals surface area contributed by atoms with Crippen LogP contribution in [0.25, 0.3) is 11.1 Å². The van der Waals surface area contributed by atoms with E-state index in [1.54, 1.807) is 19.2 Å². The summed E-state index contributed by atoms with van der Waals surface area (Å²) in [5.41, 5.74) is 6.30. The Bertz CT molecular complexity index is 963. The lowest BCUT2D eigenvalue weighted by atomic mass is 9.98. The molecule has 0 aliphatic carbocycles. The minimum atomic E-state index is -4.86. The smallest absolute Gasteiger partial charge is 0.489 e. The molecule has 1 heterocycles. The van der Waals surface area contributed by atoms with Crippen molar-refractivity contribution in [2.24, 2.45) is 5.73 Å². The normalized spacial score (nSPS) is 13.3. The Morgan fingerprint density at radius 2 is 2.00 bits per heavy atom. The second-order valence-electron chi connectivity index (χ2n) is 6.66. The van der Waals surface area contributed by atoms with Gasteiger partial charge in [0.25, 0.3) is 5.91 Å². The molecule has 7 nitrogen and oxygen atoms in total. The van der Waals surface area contributed by atoms with Crippen LogP contribution in [0.5, 0.6) is 11.5 Å². The number of nitrogens with two attached hydrogens (primary N) is 1. The van der Waals surface area contributed by atoms with Gasteiger partial charge in [-0.1, -0.05) is 18.2 Å². The SMILES string of the molecule is CN1CCOc2c(C(=O)NCCC(N)=O)cc(-c3ccccc3OC(F)(F)F)cc21. The number of carbonyl (C=O) groups excluding carboxylic acids is 2. The number of amides is 2. The fourth-order valence-corrected chi connectivity index (χ4v) is 3.09. The van der Waals surface area contributed by atoms with E-state index in [0.29, 0.717) is 30.2 Å². The third-order valence-electron chi connectivity index (χ3n) is 4.48. The second-order valence-corrected chi connectivity index (χ2v) is 6.66. The number of alkyl halides is 3. The Balaban J connectivity index is 2.06. The zero-order chi connectivity index (χ0) is 21.9. The number of hydrogen-bond acceptors (Lipinski definition) is 5. The van der Waals surface area contributed by atoms with Gasteiger partial charge in [-0.05, 0) is 23.8 Å². The first-order chi connectivity index (χ1) is 14.2. The predicted molar refractivity (Wildman–Crippen MR) is 103 cm³/mol. The van der Waals surface area contributed by atoms with Gasteiger partial charge in [0.15, 0.2) is 5.75 Å². The van der Waals surface area contributed by atoms with E-state index in [2.05, 4.69) is 10.1 Å². The van der Waals surface area contributed by atoms with E-state index >= 15 is 0 Å². The average Bonchev–Trinajstić information content (AvgIpc) is 2.66. The Labute approximate surface area is 170 Å². The van der Waals surface area contributed by atoms with Gasteiger partial charge in [-0.3, -0.25) is 9.59 Å². The van der Waals surface area contributed by atoms with Crippen molar-refractivity contribution in [3.63, 3.8) is 0 Å². The summed E-state index contributed by atoms with van der Waals surface area (Å²) in [4.78, 5) is 25.5. The molecular weight excluding hydrogens is 403 g/mol. The highest BCUT2D eigenvalue weighted by atomic mass is 19.4. The first kappa shape index (κ1) is 21.3. The van der Waals surface area contributed by atoms with Crippen LogP contribution in [-0.4, -0.2) is 44.9 Å². The average molecular weight is 423 g/mol. The van der Waals surface area contributed by atoms with Crippen molar-refractivity contribution in [1.82, 2.24) is 5.32 Å². The number of para-hydroxylation sites is 1. The standard InChI is InChI=1S/C20H20F3N3O4/c1-26-8-9-29-18-14(19(28)25-7-6-17(24)27)10-12(11-15(18)26)13-4-2-3-5-16(13)30-20(21,22)23/h2-5,10-11H,6-9H2,1H3,(H2,24,27)(H,25,28). The molecule has 160 valence electrons. The third-order valence-corrected chi connectivity index (χ3v) is 4.48. The Hall–Kier alpha value is -3.43. The Morgan fingerprint density at radius 3 is 2.70 bits per heavy atom. The van der Waals surface area contributed by atoms with Crippen LogP contribution in [0, 0.1) is 0 Å². The molecule has 0 spiro atoms. The monoisotopic (exact) mass is 423 g/mol. The van der Waals surface area contributed by atoms with Gasteiger partial charge in [0.1, 0.15) is 12.4 Å². The van der Waals surface area contributed by atoms with Gasteiger partial charge in [-0.15, -0.1) is 13.2 Å². The van der Waals surface area contributed by atoms with Crippen molar-refractivity contribution in [3.05, 3.63) is 42.0 Å². The van der Waals surface area contributed by atoms with Crippen molar-refractivity contribution in [3.8, 4) is 22.6 Å². The van der Waals surface area contributed by atoms with Gasteiger partial charge >= 0.3 is 6.36 Å². The Kier molecular flexibility index (Phi) is 6.04. The topological polar surface area (TPSA) is 93.9 Å². The zero-order valence-corrected chi connectivity index (χ0v) is 16.1. The molecule has 0 bridgehead atoms. The number of rotatable bonds is 6. The van der Waals surface area contributed by atoms with Gasteiger partial charge in [0, 0.05) is 25.6 Å². The summed E-state index contributed by atoms with van der Waals surface area (Å²) in [6.45, 7) is 0.912. The fourth-order valence-electron chi connectivity index (χ4n) is 3.09. The lowest BCUT2D eigenvalue weighted by molar-refractivity contribution is -0.274. The zero-order valence-electron chi connectivity index (χ0n) is 16.1. The number of benzene rings is 2. The minimum Gasteiger partial charge on any atom is -0.489 e. The molecule has 0 saturated carbocycles. The number of nitrogens with zero attached hydrogens (tertiary/aromatic N) is 1. The summed E-state index contributed by atoms with van der Waals surface area (Å²) in [5.74, 6) is -1.16. The largest absolute Gasteiger partial charge is 0.573 e. The fraction of sp³-hybridized carbons (Fsp3) is 0.300. The van der Waals surface area contributed by atoms with Crippen molar-refractivity contribution < 1.29 is 32.2 Å². The molecule has 2 amide bonds. The molecule has 3 rings (SSSR count). The van der Waals surface area contributed by atoms with E-state index in [1.165, 1.54) is 24.3 Å². The summed E-state index contributed by atoms with van der Waals surface area (Å²) in [6.07, 6.45) is -4.91. The molecule has 0 atom stereocenters. The van der Waals surface area contributed by atoms with E-state index in [-0.39, 0.29) is 29.8 Å². The molecule has 0 fully saturated rings. The number of anilines is 1. The molecule has 3 N–H and O–H groups in total. The maximum absolute atomic E-state index is 12.8. The van der Waals surface area contributed by atoms with Crippen molar-refractivity contribution in [2.45, 2.75) is 12.8 Å². The van der Waals surface area contributed by atoms with Crippen molar-refractivity contribution >= 4 is 17.5 Å². The number of hydrogen-bond donors (Lipinski definition) is 2. The van der Waals surface area contributed by atoms with E-state index in [4.69, 9.17) is 10.5 Å². The van der Waals surface area contributed by atoms with Crippen molar-refractivity contribution in [1.29, 1.82) is 0 Å². The van der Waals surface area contributed by atoms with Crippen LogP contribution in [0.2, 0.25) is 0 Å². The number of carbonyl (C=O) groups is 2. The summed E-state index contributed by atoms with van der Waals surface area (Å²) >= 11 is 0. The minimum absolute atomic E-state index is 0.0246. The van der Waals surface area contributed by atoms with Gasteiger partial charge < -0.3 is 25.4 Å². The highest BCUT2D eigenvalue weighted by Crippen LogP contribution is 2.41. The number of halogens is 3. The van der Waals surface area contributed by atoms with E-state index < -0.39 is 18.2 Å². The van der Waals surface area contributed by atoms with Crippen LogP contribution in [0.3, 0.4) is 0 Å². The van der Waals surface area contributed by atoms with Gasteiger partial charge in [0.2, 0.25) is 5.91 Å². The second kappa shape index (κ2) is 8.52. The number of likely N-dealkylation sites (N-methyl/N-ethyl adjacent to an activating group) is 1. The molecule has 2 aromatic carbocycles. The number of primary amides is 1. The first-order valence-electron chi connectivity index (χ1n) is 9.09. The van der Waals surface area contributed by atoms with Crippen LogP contribution in [0.15, 0.2) is 36.4 Å². The van der Waals surface area contributed by atoms with Crippen LogP contribution >= 0.6 is 0 Å². The summed E-state index contributed by atoms with van der Waals surface area (Å²) in [5, 5.41) is 2.58. The highest BCUT2D eigenvalue weighted by Gasteiger charge is 2.32. The molecule has 0 saturated heterocycles. The summed E-state index contributed by atoms with van der Waals surface area (Å²) in [7, 11) is 1.79. The lowest BCUT2D eigenvalue weighted by Gasteiger charge is -2.30. The van der Waals surface area contributed by atoms with Gasteiger partial charge in [0.05, 0.1) is 17.8 Å². The van der Waals surface area contributed by atoms with Gasteiger partial charge in [-0.2, -0.15) is 0 Å². The quantitative estimate of drug-likeness (QED) is 0.745. The van der Waals surface area contributed by atoms with Crippen LogP contribution in [-0.2, 0) is 4.79 Å². The van der Waals surface area contributed by atoms with E-state index in [9.17, 15) is 22.8 Å². The van der Waals surface area contributed by atoms with E-state index in [1.807, 2.05) is 4.90 Å². The first-order valence-corrected chi connectivity index (χ1v) is 9.09. The predicted octanol–water partition coefficient (Wildman–Crippen LogP) is 2.69. The van der Waals surface area contributed by atoms with Crippen molar-refractivity contribution in [2.75, 3.05) is 31.6 Å². The molecule has 0 radical (unpaired) electrons. The molecule has 30 heavy (non-hydrogen) atoms. The van der Waals surface area contributed by atoms with Crippen LogP contribution in [0.1, 0.15) is 16.8 Å². The summed E-state index contributed by atoms with van der Waals surface area (Å²) in [6, 6.07) is 8.76. The van der Waals surface area contributed by atoms with Gasteiger partial charge in [-0.25, -0.2) is 0 Å². The number of nitrogens with one attached hydrogen (secondary N) is 1.